The molecule has 2 aromatic rings. The Balaban J connectivity index is 1.64. The Kier molecular flexibility index (Phi) is 5.46. The molecule has 0 radical (unpaired) electrons. The lowest BCUT2D eigenvalue weighted by Crippen LogP contribution is -2.44. The van der Waals surface area contributed by atoms with Crippen LogP contribution in [-0.2, 0) is 16.0 Å². The maximum absolute atomic E-state index is 12.6. The minimum absolute atomic E-state index is 0.0330. The van der Waals surface area contributed by atoms with Crippen molar-refractivity contribution in [1.82, 2.24) is 4.90 Å². The zero-order valence-corrected chi connectivity index (χ0v) is 14.3. The molecule has 1 aliphatic heterocycles. The quantitative estimate of drug-likeness (QED) is 0.932. The lowest BCUT2D eigenvalue weighted by atomic mass is 10.1. The van der Waals surface area contributed by atoms with Crippen molar-refractivity contribution in [3.8, 4) is 0 Å². The molecule has 130 valence electrons. The first-order chi connectivity index (χ1) is 12.1. The van der Waals surface area contributed by atoms with Crippen LogP contribution in [0.1, 0.15) is 22.8 Å². The number of amides is 2. The van der Waals surface area contributed by atoms with Crippen LogP contribution in [0.5, 0.6) is 0 Å². The Labute approximate surface area is 147 Å². The number of ether oxygens (including phenoxy) is 1. The lowest BCUT2D eigenvalue weighted by Gasteiger charge is -2.31. The van der Waals surface area contributed by atoms with E-state index in [9.17, 15) is 9.59 Å². The molecule has 2 aromatic carbocycles. The van der Waals surface area contributed by atoms with Gasteiger partial charge in [-0.15, -0.1) is 0 Å². The van der Waals surface area contributed by atoms with Crippen molar-refractivity contribution in [2.45, 2.75) is 19.4 Å². The molecule has 1 saturated heterocycles. The van der Waals surface area contributed by atoms with E-state index in [1.54, 1.807) is 29.2 Å². The predicted octanol–water partition coefficient (Wildman–Crippen LogP) is 2.73. The van der Waals surface area contributed by atoms with Gasteiger partial charge in [-0.1, -0.05) is 36.4 Å². The molecule has 0 aromatic heterocycles. The summed E-state index contributed by atoms with van der Waals surface area (Å²) in [4.78, 5) is 26.6. The van der Waals surface area contributed by atoms with E-state index < -0.39 is 0 Å². The molecule has 1 N–H and O–H groups in total. The molecule has 0 saturated carbocycles. The maximum Gasteiger partial charge on any atom is 0.254 e. The molecule has 1 fully saturated rings. The van der Waals surface area contributed by atoms with Crippen LogP contribution in [0.15, 0.2) is 54.6 Å². The molecule has 25 heavy (non-hydrogen) atoms. The fourth-order valence-electron chi connectivity index (χ4n) is 2.90. The highest BCUT2D eigenvalue weighted by Crippen LogP contribution is 2.15. The van der Waals surface area contributed by atoms with Gasteiger partial charge in [0.1, 0.15) is 0 Å². The second kappa shape index (κ2) is 7.94. The van der Waals surface area contributed by atoms with Crippen LogP contribution >= 0.6 is 0 Å². The third-order valence-corrected chi connectivity index (χ3v) is 4.13. The minimum Gasteiger partial charge on any atom is -0.375 e. The van der Waals surface area contributed by atoms with Crippen LogP contribution in [0.2, 0.25) is 0 Å². The highest BCUT2D eigenvalue weighted by molar-refractivity contribution is 5.97. The zero-order chi connectivity index (χ0) is 17.6. The van der Waals surface area contributed by atoms with E-state index in [0.29, 0.717) is 37.4 Å². The first-order valence-electron chi connectivity index (χ1n) is 8.46. The van der Waals surface area contributed by atoms with Crippen LogP contribution in [0, 0.1) is 0 Å². The number of carbonyl (C=O) groups excluding carboxylic acids is 2. The normalized spacial score (nSPS) is 17.2. The molecule has 3 rings (SSSR count). The number of benzene rings is 2. The van der Waals surface area contributed by atoms with Gasteiger partial charge in [0, 0.05) is 24.3 Å². The molecule has 1 unspecified atom stereocenters. The van der Waals surface area contributed by atoms with E-state index in [1.807, 2.05) is 37.3 Å². The predicted molar refractivity (Wildman–Crippen MR) is 96.5 cm³/mol. The van der Waals surface area contributed by atoms with Crippen molar-refractivity contribution in [2.75, 3.05) is 25.0 Å². The summed E-state index contributed by atoms with van der Waals surface area (Å²) >= 11 is 0. The molecular weight excluding hydrogens is 316 g/mol. The van der Waals surface area contributed by atoms with Crippen molar-refractivity contribution in [2.24, 2.45) is 0 Å². The summed E-state index contributed by atoms with van der Waals surface area (Å²) in [5, 5.41) is 2.86. The largest absolute Gasteiger partial charge is 0.375 e. The molecule has 5 nitrogen and oxygen atoms in total. The van der Waals surface area contributed by atoms with Crippen molar-refractivity contribution >= 4 is 17.5 Å². The van der Waals surface area contributed by atoms with E-state index in [1.165, 1.54) is 0 Å². The van der Waals surface area contributed by atoms with Gasteiger partial charge in [0.15, 0.2) is 0 Å². The standard InChI is InChI=1S/C20H22N2O3/c1-15-14-22(10-11-25-15)20(24)17-8-5-9-18(13-17)21-19(23)12-16-6-3-2-4-7-16/h2-9,13,15H,10-12,14H2,1H3,(H,21,23). The molecule has 1 heterocycles. The number of morpholine rings is 1. The SMILES string of the molecule is CC1CN(C(=O)c2cccc(NC(=O)Cc3ccccc3)c2)CCO1. The summed E-state index contributed by atoms with van der Waals surface area (Å²) in [6.07, 6.45) is 0.353. The van der Waals surface area contributed by atoms with E-state index in [4.69, 9.17) is 4.74 Å². The number of anilines is 1. The number of rotatable bonds is 4. The lowest BCUT2D eigenvalue weighted by molar-refractivity contribution is -0.115. The van der Waals surface area contributed by atoms with E-state index in [-0.39, 0.29) is 17.9 Å². The van der Waals surface area contributed by atoms with Crippen LogP contribution in [-0.4, -0.2) is 42.5 Å². The minimum atomic E-state index is -0.101. The number of nitrogens with zero attached hydrogens (tertiary/aromatic N) is 1. The van der Waals surface area contributed by atoms with Gasteiger partial charge >= 0.3 is 0 Å². The van der Waals surface area contributed by atoms with Gasteiger partial charge in [0.2, 0.25) is 5.91 Å². The van der Waals surface area contributed by atoms with Crippen molar-refractivity contribution in [3.05, 3.63) is 65.7 Å². The number of hydrogen-bond donors (Lipinski definition) is 1. The molecule has 5 heteroatoms. The monoisotopic (exact) mass is 338 g/mol. The summed E-state index contributed by atoms with van der Waals surface area (Å²) in [5.74, 6) is -0.134. The second-order valence-corrected chi connectivity index (χ2v) is 6.22. The Morgan fingerprint density at radius 3 is 2.72 bits per heavy atom. The first kappa shape index (κ1) is 17.2. The molecule has 1 aliphatic rings. The van der Waals surface area contributed by atoms with Gasteiger partial charge in [-0.3, -0.25) is 9.59 Å². The van der Waals surface area contributed by atoms with Crippen molar-refractivity contribution in [1.29, 1.82) is 0 Å². The third kappa shape index (κ3) is 4.67. The fourth-order valence-corrected chi connectivity index (χ4v) is 2.90. The molecular formula is C20H22N2O3. The van der Waals surface area contributed by atoms with Gasteiger partial charge in [-0.25, -0.2) is 0 Å². The molecule has 0 aliphatic carbocycles. The smallest absolute Gasteiger partial charge is 0.254 e. The first-order valence-corrected chi connectivity index (χ1v) is 8.46. The average Bonchev–Trinajstić information content (AvgIpc) is 2.62. The summed E-state index contributed by atoms with van der Waals surface area (Å²) in [5.41, 5.74) is 2.16. The fraction of sp³-hybridized carbons (Fsp3) is 0.300. The van der Waals surface area contributed by atoms with E-state index in [0.717, 1.165) is 5.56 Å². The van der Waals surface area contributed by atoms with Gasteiger partial charge in [0.05, 0.1) is 19.1 Å². The number of hydrogen-bond acceptors (Lipinski definition) is 3. The summed E-state index contributed by atoms with van der Waals surface area (Å²) in [7, 11) is 0. The molecule has 0 spiro atoms. The van der Waals surface area contributed by atoms with E-state index in [2.05, 4.69) is 5.32 Å². The number of nitrogens with one attached hydrogen (secondary N) is 1. The maximum atomic E-state index is 12.6. The van der Waals surface area contributed by atoms with Crippen LogP contribution < -0.4 is 5.32 Å². The molecule has 1 atom stereocenters. The summed E-state index contributed by atoms with van der Waals surface area (Å²) < 4.78 is 5.48. The third-order valence-electron chi connectivity index (χ3n) is 4.13. The van der Waals surface area contributed by atoms with Crippen molar-refractivity contribution < 1.29 is 14.3 Å². The average molecular weight is 338 g/mol. The Bertz CT molecular complexity index is 746. The van der Waals surface area contributed by atoms with Crippen LogP contribution in [0.25, 0.3) is 0 Å². The molecule has 0 bridgehead atoms. The highest BCUT2D eigenvalue weighted by Gasteiger charge is 2.22. The van der Waals surface area contributed by atoms with Gasteiger partial charge in [-0.05, 0) is 30.7 Å². The van der Waals surface area contributed by atoms with Crippen LogP contribution in [0.4, 0.5) is 5.69 Å². The Morgan fingerprint density at radius 1 is 1.16 bits per heavy atom. The second-order valence-electron chi connectivity index (χ2n) is 6.22. The highest BCUT2D eigenvalue weighted by atomic mass is 16.5. The molecule has 2 amide bonds. The van der Waals surface area contributed by atoms with Gasteiger partial charge < -0.3 is 15.0 Å². The van der Waals surface area contributed by atoms with Gasteiger partial charge in [0.25, 0.3) is 5.91 Å². The summed E-state index contributed by atoms with van der Waals surface area (Å²) in [6.45, 7) is 3.69. The Hall–Kier alpha value is -2.66. The van der Waals surface area contributed by atoms with Crippen LogP contribution in [0.3, 0.4) is 0 Å². The van der Waals surface area contributed by atoms with E-state index >= 15 is 0 Å². The topological polar surface area (TPSA) is 58.6 Å². The number of carbonyl (C=O) groups is 2. The van der Waals surface area contributed by atoms with Crippen molar-refractivity contribution in [3.63, 3.8) is 0 Å². The summed E-state index contributed by atoms with van der Waals surface area (Å²) in [6, 6.07) is 16.6. The van der Waals surface area contributed by atoms with Gasteiger partial charge in [-0.2, -0.15) is 0 Å². The Morgan fingerprint density at radius 2 is 1.96 bits per heavy atom. The zero-order valence-electron chi connectivity index (χ0n) is 14.3.